The minimum atomic E-state index is -0.147. The highest BCUT2D eigenvalue weighted by atomic mass is 32.1. The summed E-state index contributed by atoms with van der Waals surface area (Å²) in [6.07, 6.45) is 3.39. The molecule has 0 bridgehead atoms. The van der Waals surface area contributed by atoms with Gasteiger partial charge in [-0.3, -0.25) is 4.79 Å². The Morgan fingerprint density at radius 3 is 2.43 bits per heavy atom. The summed E-state index contributed by atoms with van der Waals surface area (Å²) in [6, 6.07) is 17.4. The second-order valence-electron chi connectivity index (χ2n) is 6.65. The number of nitrogens with one attached hydrogen (secondary N) is 1. The first-order valence-electron chi connectivity index (χ1n) is 9.27. The summed E-state index contributed by atoms with van der Waals surface area (Å²) < 4.78 is 0. The number of aliphatic hydroxyl groups excluding tert-OH is 1. The summed E-state index contributed by atoms with van der Waals surface area (Å²) in [5.41, 5.74) is 8.89. The summed E-state index contributed by atoms with van der Waals surface area (Å²) in [6.45, 7) is 2.12. The molecule has 3 aromatic rings. The zero-order valence-corrected chi connectivity index (χ0v) is 17.6. The number of carbonyl (C=O) groups excluding carboxylic acids is 1. The van der Waals surface area contributed by atoms with Crippen LogP contribution in [0.5, 0.6) is 0 Å². The molecule has 28 heavy (non-hydrogen) atoms. The second kappa shape index (κ2) is 9.83. The molecular formula is C22H25N2O2PS. The molecule has 4 nitrogen and oxygen atoms in total. The van der Waals surface area contributed by atoms with Crippen LogP contribution in [-0.2, 0) is 0 Å². The predicted molar refractivity (Wildman–Crippen MR) is 122 cm³/mol. The first-order chi connectivity index (χ1) is 13.6. The molecule has 1 unspecified atom stereocenters. The predicted octanol–water partition coefficient (Wildman–Crippen LogP) is 4.71. The zero-order chi connectivity index (χ0) is 19.9. The van der Waals surface area contributed by atoms with E-state index in [2.05, 4.69) is 12.0 Å². The van der Waals surface area contributed by atoms with Gasteiger partial charge in [-0.05, 0) is 72.5 Å². The molecule has 1 fully saturated rings. The molecule has 6 heteroatoms. The summed E-state index contributed by atoms with van der Waals surface area (Å²) in [5.74, 6) is -0.147. The molecule has 1 atom stereocenters. The number of benzene rings is 2. The number of nitrogen functional groups attached to an aromatic ring is 1. The second-order valence-corrected chi connectivity index (χ2v) is 8.67. The number of amides is 1. The molecule has 1 saturated carbocycles. The van der Waals surface area contributed by atoms with Crippen LogP contribution < -0.4 is 16.4 Å². The van der Waals surface area contributed by atoms with Crippen LogP contribution in [0.25, 0.3) is 10.4 Å². The third-order valence-electron chi connectivity index (χ3n) is 4.62. The lowest BCUT2D eigenvalue weighted by Gasteiger charge is -2.17. The van der Waals surface area contributed by atoms with Gasteiger partial charge < -0.3 is 16.2 Å². The third-order valence-corrected chi connectivity index (χ3v) is 6.45. The van der Waals surface area contributed by atoms with Gasteiger partial charge in [0.15, 0.2) is 0 Å². The Kier molecular flexibility index (Phi) is 7.21. The minimum absolute atomic E-state index is 0.0648. The van der Waals surface area contributed by atoms with Gasteiger partial charge >= 0.3 is 0 Å². The maximum absolute atomic E-state index is 12.4. The van der Waals surface area contributed by atoms with Gasteiger partial charge in [0.05, 0.1) is 17.5 Å². The smallest absolute Gasteiger partial charge is 0.255 e. The monoisotopic (exact) mass is 412 g/mol. The standard InChI is InChI=1S/C18H17N2OPS.C4H8O/c1-22-14-7-4-12(5-8-14)18(21)20-16-11-13(6-9-15(16)19)17-3-2-10-23-17;5-4-2-1-3-4/h2-11,22H,19H2,1H3,(H,20,21);4-5H,1-3H2. The maximum atomic E-state index is 12.4. The van der Waals surface area contributed by atoms with E-state index in [-0.39, 0.29) is 12.0 Å². The van der Waals surface area contributed by atoms with Crippen LogP contribution in [0.3, 0.4) is 0 Å². The number of hydrogen-bond acceptors (Lipinski definition) is 4. The summed E-state index contributed by atoms with van der Waals surface area (Å²) >= 11 is 1.66. The highest BCUT2D eigenvalue weighted by molar-refractivity contribution is 7.46. The van der Waals surface area contributed by atoms with E-state index in [1.54, 1.807) is 11.3 Å². The number of thiophene rings is 1. The summed E-state index contributed by atoms with van der Waals surface area (Å²) in [5, 5.41) is 14.6. The minimum Gasteiger partial charge on any atom is -0.397 e. The van der Waals surface area contributed by atoms with Crippen molar-refractivity contribution in [1.29, 1.82) is 0 Å². The fraction of sp³-hybridized carbons (Fsp3) is 0.227. The van der Waals surface area contributed by atoms with Crippen molar-refractivity contribution in [2.24, 2.45) is 0 Å². The molecule has 2 aromatic carbocycles. The molecule has 0 radical (unpaired) electrons. The molecule has 146 valence electrons. The lowest BCUT2D eigenvalue weighted by atomic mass is 9.97. The van der Waals surface area contributed by atoms with Crippen molar-refractivity contribution in [3.05, 3.63) is 65.5 Å². The lowest BCUT2D eigenvalue weighted by molar-refractivity contribution is 0.0949. The van der Waals surface area contributed by atoms with Gasteiger partial charge in [0.25, 0.3) is 5.91 Å². The fourth-order valence-corrected chi connectivity index (χ4v) is 3.85. The Morgan fingerprint density at radius 2 is 1.89 bits per heavy atom. The third kappa shape index (κ3) is 5.41. The Hall–Kier alpha value is -2.20. The van der Waals surface area contributed by atoms with Crippen LogP contribution in [0, 0.1) is 0 Å². The van der Waals surface area contributed by atoms with Gasteiger partial charge in [0, 0.05) is 10.4 Å². The van der Waals surface area contributed by atoms with Gasteiger partial charge in [-0.1, -0.05) is 32.8 Å². The van der Waals surface area contributed by atoms with Gasteiger partial charge in [-0.15, -0.1) is 11.3 Å². The Balaban J connectivity index is 0.000000391. The average Bonchev–Trinajstić information content (AvgIpc) is 3.23. The van der Waals surface area contributed by atoms with Crippen molar-refractivity contribution in [1.82, 2.24) is 0 Å². The SMILES string of the molecule is CPc1ccc(C(=O)Nc2cc(-c3cccs3)ccc2N)cc1.OC1CCC1. The molecule has 1 aromatic heterocycles. The molecule has 4 N–H and O–H groups in total. The van der Waals surface area contributed by atoms with E-state index in [0.29, 0.717) is 16.9 Å². The van der Waals surface area contributed by atoms with Crippen molar-refractivity contribution in [2.45, 2.75) is 25.4 Å². The first kappa shape index (κ1) is 20.5. The Morgan fingerprint density at radius 1 is 1.18 bits per heavy atom. The van der Waals surface area contributed by atoms with Crippen LogP contribution in [-0.4, -0.2) is 23.8 Å². The van der Waals surface area contributed by atoms with Crippen LogP contribution >= 0.6 is 19.9 Å². The summed E-state index contributed by atoms with van der Waals surface area (Å²) in [4.78, 5) is 13.5. The number of hydrogen-bond donors (Lipinski definition) is 3. The quantitative estimate of drug-likeness (QED) is 0.429. The van der Waals surface area contributed by atoms with Crippen molar-refractivity contribution in [3.8, 4) is 10.4 Å². The topological polar surface area (TPSA) is 75.4 Å². The number of nitrogens with two attached hydrogens (primary N) is 1. The lowest BCUT2D eigenvalue weighted by Crippen LogP contribution is -2.15. The molecule has 1 heterocycles. The van der Waals surface area contributed by atoms with E-state index in [0.717, 1.165) is 31.9 Å². The first-order valence-corrected chi connectivity index (χ1v) is 11.7. The molecule has 0 aliphatic heterocycles. The zero-order valence-electron chi connectivity index (χ0n) is 15.8. The Labute approximate surface area is 171 Å². The van der Waals surface area contributed by atoms with Crippen LogP contribution in [0.2, 0.25) is 0 Å². The number of aliphatic hydroxyl groups is 1. The normalized spacial score (nSPS) is 13.6. The van der Waals surface area contributed by atoms with Crippen LogP contribution in [0.4, 0.5) is 11.4 Å². The van der Waals surface area contributed by atoms with Crippen LogP contribution in [0.1, 0.15) is 29.6 Å². The molecule has 0 spiro atoms. The largest absolute Gasteiger partial charge is 0.397 e. The van der Waals surface area contributed by atoms with Crippen molar-refractivity contribution in [2.75, 3.05) is 17.7 Å². The molecule has 1 amide bonds. The van der Waals surface area contributed by atoms with Gasteiger partial charge in [-0.2, -0.15) is 0 Å². The number of rotatable bonds is 4. The van der Waals surface area contributed by atoms with E-state index >= 15 is 0 Å². The van der Waals surface area contributed by atoms with Crippen LogP contribution in [0.15, 0.2) is 60.0 Å². The number of carbonyl (C=O) groups is 1. The molecule has 0 saturated heterocycles. The Bertz CT molecular complexity index is 907. The average molecular weight is 412 g/mol. The van der Waals surface area contributed by atoms with E-state index < -0.39 is 0 Å². The van der Waals surface area contributed by atoms with Gasteiger partial charge in [0.1, 0.15) is 0 Å². The summed E-state index contributed by atoms with van der Waals surface area (Å²) in [7, 11) is 0.726. The molecule has 1 aliphatic carbocycles. The van der Waals surface area contributed by atoms with Crippen molar-refractivity contribution >= 4 is 42.5 Å². The molecule has 4 rings (SSSR count). The van der Waals surface area contributed by atoms with Gasteiger partial charge in [0.2, 0.25) is 0 Å². The van der Waals surface area contributed by atoms with E-state index in [4.69, 9.17) is 10.8 Å². The van der Waals surface area contributed by atoms with Gasteiger partial charge in [-0.25, -0.2) is 0 Å². The molecule has 1 aliphatic rings. The van der Waals surface area contributed by atoms with Crippen molar-refractivity contribution < 1.29 is 9.90 Å². The van der Waals surface area contributed by atoms with Crippen molar-refractivity contribution in [3.63, 3.8) is 0 Å². The maximum Gasteiger partial charge on any atom is 0.255 e. The van der Waals surface area contributed by atoms with E-state index in [9.17, 15) is 4.79 Å². The fourth-order valence-electron chi connectivity index (χ4n) is 2.63. The number of anilines is 2. The molecular weight excluding hydrogens is 387 g/mol. The highest BCUT2D eigenvalue weighted by Gasteiger charge is 2.11. The highest BCUT2D eigenvalue weighted by Crippen LogP contribution is 2.30. The van der Waals surface area contributed by atoms with E-state index in [1.807, 2.05) is 60.0 Å². The van der Waals surface area contributed by atoms with E-state index in [1.165, 1.54) is 11.7 Å².